The van der Waals surface area contributed by atoms with Gasteiger partial charge in [0.05, 0.1) is 17.9 Å². The molecule has 0 spiro atoms. The van der Waals surface area contributed by atoms with Crippen molar-refractivity contribution in [2.45, 2.75) is 45.3 Å². The second-order valence-corrected chi connectivity index (χ2v) is 7.79. The van der Waals surface area contributed by atoms with E-state index in [2.05, 4.69) is 17.2 Å². The molecule has 164 valence electrons. The lowest BCUT2D eigenvalue weighted by molar-refractivity contribution is 0.297. The Morgan fingerprint density at radius 1 is 0.938 bits per heavy atom. The van der Waals surface area contributed by atoms with E-state index in [9.17, 15) is 4.79 Å². The van der Waals surface area contributed by atoms with Crippen molar-refractivity contribution in [3.05, 3.63) is 107 Å². The van der Waals surface area contributed by atoms with Crippen LogP contribution in [0.15, 0.2) is 90.0 Å². The molecule has 0 aliphatic carbocycles. The van der Waals surface area contributed by atoms with Crippen molar-refractivity contribution in [3.8, 4) is 11.4 Å². The van der Waals surface area contributed by atoms with Crippen LogP contribution in [0.3, 0.4) is 0 Å². The molecule has 6 nitrogen and oxygen atoms in total. The van der Waals surface area contributed by atoms with Crippen LogP contribution in [0.2, 0.25) is 0 Å². The van der Waals surface area contributed by atoms with Crippen molar-refractivity contribution >= 4 is 0 Å². The summed E-state index contributed by atoms with van der Waals surface area (Å²) in [6, 6.07) is 23.1. The highest BCUT2D eigenvalue weighted by Crippen LogP contribution is 2.23. The Hall–Kier alpha value is -3.67. The summed E-state index contributed by atoms with van der Waals surface area (Å²) < 4.78 is 9.36. The van der Waals surface area contributed by atoms with Gasteiger partial charge < -0.3 is 9.30 Å². The second-order valence-electron chi connectivity index (χ2n) is 7.79. The Morgan fingerprint density at radius 3 is 2.44 bits per heavy atom. The van der Waals surface area contributed by atoms with Gasteiger partial charge in [-0.15, -0.1) is 5.10 Å². The van der Waals surface area contributed by atoms with Gasteiger partial charge >= 0.3 is 0 Å². The van der Waals surface area contributed by atoms with E-state index in [-0.39, 0.29) is 11.6 Å². The first-order valence-corrected chi connectivity index (χ1v) is 11.1. The summed E-state index contributed by atoms with van der Waals surface area (Å²) in [5.41, 5.74) is 2.57. The monoisotopic (exact) mass is 428 g/mol. The fraction of sp³-hybridized carbons (Fsp3) is 0.269. The third-order valence-electron chi connectivity index (χ3n) is 5.47. The molecule has 0 bridgehead atoms. The summed E-state index contributed by atoms with van der Waals surface area (Å²) in [4.78, 5) is 13.3. The summed E-state index contributed by atoms with van der Waals surface area (Å²) in [5, 5.41) is 8.73. The SMILES string of the molecule is CCCCCC(c1cn(-c2ccccc2)nn1)n1cccc(OCc2ccccc2)c1=O. The van der Waals surface area contributed by atoms with Gasteiger partial charge in [0.1, 0.15) is 12.3 Å². The highest BCUT2D eigenvalue weighted by Gasteiger charge is 2.20. The number of para-hydroxylation sites is 1. The third kappa shape index (κ3) is 5.14. The summed E-state index contributed by atoms with van der Waals surface area (Å²) in [7, 11) is 0. The van der Waals surface area contributed by atoms with Crippen LogP contribution in [0.1, 0.15) is 49.9 Å². The van der Waals surface area contributed by atoms with E-state index in [1.807, 2.05) is 79.1 Å². The van der Waals surface area contributed by atoms with Crippen LogP contribution in [-0.4, -0.2) is 19.6 Å². The number of hydrogen-bond donors (Lipinski definition) is 0. The Labute approximate surface area is 188 Å². The van der Waals surface area contributed by atoms with E-state index in [1.54, 1.807) is 15.3 Å². The molecule has 4 rings (SSSR count). The molecule has 0 fully saturated rings. The maximum Gasteiger partial charge on any atom is 0.293 e. The van der Waals surface area contributed by atoms with Gasteiger partial charge in [-0.05, 0) is 36.2 Å². The van der Waals surface area contributed by atoms with Gasteiger partial charge in [-0.3, -0.25) is 4.79 Å². The lowest BCUT2D eigenvalue weighted by Crippen LogP contribution is -2.26. The fourth-order valence-electron chi connectivity index (χ4n) is 3.73. The first kappa shape index (κ1) is 21.6. The topological polar surface area (TPSA) is 61.9 Å². The van der Waals surface area contributed by atoms with Crippen LogP contribution in [0, 0.1) is 0 Å². The van der Waals surface area contributed by atoms with Gasteiger partial charge in [-0.1, -0.05) is 79.9 Å². The van der Waals surface area contributed by atoms with E-state index in [0.717, 1.165) is 42.6 Å². The van der Waals surface area contributed by atoms with Gasteiger partial charge in [0, 0.05) is 6.20 Å². The molecule has 0 radical (unpaired) electrons. The minimum absolute atomic E-state index is 0.154. The number of aromatic nitrogens is 4. The average Bonchev–Trinajstić information content (AvgIpc) is 3.33. The molecule has 0 aliphatic rings. The molecule has 0 aliphatic heterocycles. The Balaban J connectivity index is 1.62. The van der Waals surface area contributed by atoms with Crippen LogP contribution < -0.4 is 10.3 Å². The lowest BCUT2D eigenvalue weighted by Gasteiger charge is -2.18. The number of rotatable bonds is 10. The van der Waals surface area contributed by atoms with Crippen LogP contribution >= 0.6 is 0 Å². The number of hydrogen-bond acceptors (Lipinski definition) is 4. The Kier molecular flexibility index (Phi) is 7.12. The first-order valence-electron chi connectivity index (χ1n) is 11.1. The first-order chi connectivity index (χ1) is 15.8. The second kappa shape index (κ2) is 10.6. The summed E-state index contributed by atoms with van der Waals surface area (Å²) >= 11 is 0. The Bertz CT molecular complexity index is 1170. The highest BCUT2D eigenvalue weighted by atomic mass is 16.5. The summed E-state index contributed by atoms with van der Waals surface area (Å²) in [5.74, 6) is 0.340. The average molecular weight is 429 g/mol. The largest absolute Gasteiger partial charge is 0.483 e. The van der Waals surface area contributed by atoms with Crippen molar-refractivity contribution in [2.24, 2.45) is 0 Å². The maximum absolute atomic E-state index is 13.3. The van der Waals surface area contributed by atoms with Crippen molar-refractivity contribution in [1.29, 1.82) is 0 Å². The van der Waals surface area contributed by atoms with Crippen LogP contribution in [0.4, 0.5) is 0 Å². The molecule has 0 N–H and O–H groups in total. The van der Waals surface area contributed by atoms with E-state index in [0.29, 0.717) is 12.4 Å². The molecule has 4 aromatic rings. The smallest absolute Gasteiger partial charge is 0.293 e. The zero-order valence-corrected chi connectivity index (χ0v) is 18.3. The molecule has 2 aromatic carbocycles. The number of ether oxygens (including phenoxy) is 1. The molecule has 2 aromatic heterocycles. The van der Waals surface area contributed by atoms with Crippen LogP contribution in [0.5, 0.6) is 5.75 Å². The number of pyridine rings is 1. The molecule has 2 heterocycles. The zero-order valence-electron chi connectivity index (χ0n) is 18.3. The minimum Gasteiger partial charge on any atom is -0.483 e. The van der Waals surface area contributed by atoms with Crippen molar-refractivity contribution in [1.82, 2.24) is 19.6 Å². The lowest BCUT2D eigenvalue weighted by atomic mass is 10.1. The third-order valence-corrected chi connectivity index (χ3v) is 5.47. The molecule has 6 heteroatoms. The molecule has 0 amide bonds. The van der Waals surface area contributed by atoms with E-state index < -0.39 is 0 Å². The fourth-order valence-corrected chi connectivity index (χ4v) is 3.73. The van der Waals surface area contributed by atoms with Gasteiger partial charge in [-0.25, -0.2) is 4.68 Å². The van der Waals surface area contributed by atoms with Crippen LogP contribution in [-0.2, 0) is 6.61 Å². The number of unbranched alkanes of at least 4 members (excludes halogenated alkanes) is 2. The summed E-state index contributed by atoms with van der Waals surface area (Å²) in [6.45, 7) is 2.52. The van der Waals surface area contributed by atoms with Crippen LogP contribution in [0.25, 0.3) is 5.69 Å². The molecule has 1 atom stereocenters. The number of nitrogens with zero attached hydrogens (tertiary/aromatic N) is 4. The van der Waals surface area contributed by atoms with Gasteiger partial charge in [0.15, 0.2) is 5.75 Å². The molecular weight excluding hydrogens is 400 g/mol. The van der Waals surface area contributed by atoms with E-state index in [4.69, 9.17) is 4.74 Å². The molecule has 1 unspecified atom stereocenters. The van der Waals surface area contributed by atoms with E-state index >= 15 is 0 Å². The normalized spacial score (nSPS) is 11.9. The maximum atomic E-state index is 13.3. The predicted octanol–water partition coefficient (Wildman–Crippen LogP) is 5.18. The van der Waals surface area contributed by atoms with Gasteiger partial charge in [-0.2, -0.15) is 0 Å². The molecular formula is C26H28N4O2. The predicted molar refractivity (Wildman–Crippen MR) is 125 cm³/mol. The highest BCUT2D eigenvalue weighted by molar-refractivity contribution is 5.30. The molecule has 32 heavy (non-hydrogen) atoms. The standard InChI is InChI=1S/C26H28N4O2/c1-2-3-6-16-24(23-19-30(28-27-23)22-14-9-5-10-15-22)29-18-11-17-25(26(29)31)32-20-21-12-7-4-8-13-21/h4-5,7-15,17-19,24H,2-3,6,16,20H2,1H3. The van der Waals surface area contributed by atoms with Crippen molar-refractivity contribution < 1.29 is 4.74 Å². The Morgan fingerprint density at radius 2 is 1.69 bits per heavy atom. The van der Waals surface area contributed by atoms with E-state index in [1.165, 1.54) is 0 Å². The quantitative estimate of drug-likeness (QED) is 0.327. The molecule has 0 saturated carbocycles. The van der Waals surface area contributed by atoms with Crippen molar-refractivity contribution in [2.75, 3.05) is 0 Å². The summed E-state index contributed by atoms with van der Waals surface area (Å²) in [6.07, 6.45) is 7.75. The molecule has 0 saturated heterocycles. The zero-order chi connectivity index (χ0) is 22.2. The number of benzene rings is 2. The van der Waals surface area contributed by atoms with Gasteiger partial charge in [0.25, 0.3) is 5.56 Å². The van der Waals surface area contributed by atoms with Gasteiger partial charge in [0.2, 0.25) is 0 Å². The van der Waals surface area contributed by atoms with Crippen molar-refractivity contribution in [3.63, 3.8) is 0 Å². The minimum atomic E-state index is -0.202.